The topological polar surface area (TPSA) is 95.9 Å². The fourth-order valence-electron chi connectivity index (χ4n) is 12.2. The molecule has 0 aromatic rings. The van der Waals surface area contributed by atoms with Crippen LogP contribution < -0.4 is 5.32 Å². The van der Waals surface area contributed by atoms with Crippen LogP contribution >= 0.6 is 0 Å². The van der Waals surface area contributed by atoms with E-state index in [9.17, 15) is 19.8 Å². The second-order valence-electron chi connectivity index (χ2n) is 26.0. The number of amides is 1. The molecule has 0 spiro atoms. The molecule has 0 saturated carbocycles. The van der Waals surface area contributed by atoms with E-state index in [0.29, 0.717) is 25.9 Å². The van der Waals surface area contributed by atoms with Gasteiger partial charge in [0.25, 0.3) is 0 Å². The first-order valence-electron chi connectivity index (χ1n) is 37.3. The lowest BCUT2D eigenvalue weighted by molar-refractivity contribution is -0.143. The number of carbonyl (C=O) groups is 2. The second-order valence-corrected chi connectivity index (χ2v) is 26.0. The summed E-state index contributed by atoms with van der Waals surface area (Å²) in [7, 11) is 0. The van der Waals surface area contributed by atoms with Gasteiger partial charge in [-0.25, -0.2) is 0 Å². The highest BCUT2D eigenvalue weighted by Gasteiger charge is 2.20. The van der Waals surface area contributed by atoms with Gasteiger partial charge in [0, 0.05) is 12.8 Å². The Morgan fingerprint density at radius 3 is 0.762 bits per heavy atom. The van der Waals surface area contributed by atoms with Crippen LogP contribution in [0.4, 0.5) is 0 Å². The highest BCUT2D eigenvalue weighted by molar-refractivity contribution is 5.76. The van der Waals surface area contributed by atoms with Crippen molar-refractivity contribution in [3.63, 3.8) is 0 Å². The largest absolute Gasteiger partial charge is 0.466 e. The molecule has 0 radical (unpaired) electrons. The van der Waals surface area contributed by atoms with Crippen molar-refractivity contribution in [2.75, 3.05) is 13.2 Å². The number of unbranched alkanes of at least 4 members (excludes halogenated alkanes) is 60. The minimum atomic E-state index is -0.657. The molecule has 0 aliphatic carbocycles. The molecule has 0 bridgehead atoms. The van der Waals surface area contributed by atoms with Crippen molar-refractivity contribution in [2.24, 2.45) is 0 Å². The maximum Gasteiger partial charge on any atom is 0.305 e. The van der Waals surface area contributed by atoms with Crippen molar-refractivity contribution < 1.29 is 24.5 Å². The Morgan fingerprint density at radius 1 is 0.300 bits per heavy atom. The average Bonchev–Trinajstić information content (AvgIpc) is 3.46. The normalized spacial score (nSPS) is 12.4. The number of carbonyl (C=O) groups excluding carboxylic acids is 2. The van der Waals surface area contributed by atoms with Gasteiger partial charge < -0.3 is 20.3 Å². The van der Waals surface area contributed by atoms with Crippen LogP contribution in [0, 0.1) is 0 Å². The Hall–Kier alpha value is -1.14. The molecule has 3 N–H and O–H groups in total. The number of hydrogen-bond acceptors (Lipinski definition) is 5. The minimum absolute atomic E-state index is 0.0274. The van der Waals surface area contributed by atoms with Crippen molar-refractivity contribution in [1.82, 2.24) is 5.32 Å². The summed E-state index contributed by atoms with van der Waals surface area (Å²) in [6.07, 6.45) is 86.2. The number of hydrogen-bond donors (Lipinski definition) is 3. The number of aliphatic hydroxyl groups excluding tert-OH is 2. The van der Waals surface area contributed by atoms with Crippen LogP contribution in [0.5, 0.6) is 0 Å². The summed E-state index contributed by atoms with van der Waals surface area (Å²) < 4.78 is 5.51. The fraction of sp³-hybridized carbons (Fsp3) is 0.973. The molecular weight excluding hydrogens is 983 g/mol. The Balaban J connectivity index is 3.26. The Kier molecular flexibility index (Phi) is 69.3. The molecule has 0 fully saturated rings. The summed E-state index contributed by atoms with van der Waals surface area (Å²) in [6, 6.07) is -0.534. The summed E-state index contributed by atoms with van der Waals surface area (Å²) in [4.78, 5) is 24.6. The molecule has 0 aliphatic rings. The molecule has 2 unspecified atom stereocenters. The Bertz CT molecular complexity index is 1160. The number of aliphatic hydroxyl groups is 2. The number of esters is 1. The van der Waals surface area contributed by atoms with Gasteiger partial charge in [-0.1, -0.05) is 399 Å². The van der Waals surface area contributed by atoms with Crippen LogP contribution in [0.1, 0.15) is 438 Å². The zero-order valence-electron chi connectivity index (χ0n) is 54.9. The van der Waals surface area contributed by atoms with E-state index < -0.39 is 12.1 Å². The van der Waals surface area contributed by atoms with Crippen molar-refractivity contribution in [1.29, 1.82) is 0 Å². The summed E-state index contributed by atoms with van der Waals surface area (Å²) in [5.41, 5.74) is 0. The molecule has 0 aromatic carbocycles. The quantitative estimate of drug-likeness (QED) is 0.0417. The smallest absolute Gasteiger partial charge is 0.305 e. The van der Waals surface area contributed by atoms with Crippen LogP contribution in [0.3, 0.4) is 0 Å². The molecule has 6 heteroatoms. The van der Waals surface area contributed by atoms with Gasteiger partial charge in [0.15, 0.2) is 0 Å². The van der Waals surface area contributed by atoms with E-state index >= 15 is 0 Å². The number of ether oxygens (including phenoxy) is 1. The fourth-order valence-corrected chi connectivity index (χ4v) is 12.2. The first-order chi connectivity index (χ1) is 39.5. The van der Waals surface area contributed by atoms with E-state index in [1.54, 1.807) is 0 Å². The monoisotopic (exact) mass is 1130 g/mol. The predicted molar refractivity (Wildman–Crippen MR) is 352 cm³/mol. The van der Waals surface area contributed by atoms with E-state index in [1.807, 2.05) is 0 Å². The molecule has 0 saturated heterocycles. The maximum absolute atomic E-state index is 12.5. The Morgan fingerprint density at radius 2 is 0.512 bits per heavy atom. The van der Waals surface area contributed by atoms with Gasteiger partial charge in [-0.2, -0.15) is 0 Å². The minimum Gasteiger partial charge on any atom is -0.466 e. The highest BCUT2D eigenvalue weighted by Crippen LogP contribution is 2.20. The zero-order chi connectivity index (χ0) is 57.8. The highest BCUT2D eigenvalue weighted by atomic mass is 16.5. The summed E-state index contributed by atoms with van der Waals surface area (Å²) in [5, 5.41) is 23.2. The molecular formula is C74H147NO5. The van der Waals surface area contributed by atoms with E-state index in [4.69, 9.17) is 4.74 Å². The lowest BCUT2D eigenvalue weighted by Gasteiger charge is -2.22. The molecule has 0 aliphatic heterocycles. The van der Waals surface area contributed by atoms with Crippen molar-refractivity contribution in [3.8, 4) is 0 Å². The van der Waals surface area contributed by atoms with E-state index in [2.05, 4.69) is 19.2 Å². The summed E-state index contributed by atoms with van der Waals surface area (Å²) in [5.74, 6) is 0.0000308. The van der Waals surface area contributed by atoms with Crippen LogP contribution in [0.25, 0.3) is 0 Å². The van der Waals surface area contributed by atoms with Crippen molar-refractivity contribution in [2.45, 2.75) is 450 Å². The SMILES string of the molecule is CCCCCCCCCCCCCCCCCC(=O)OCCCCCCCCCCCCCCCCCCCCCCCCCCCCCCCCCCCCCCCC(=O)NC(CO)C(O)CCCCCCCCCCCCC. The van der Waals surface area contributed by atoms with Gasteiger partial charge in [0.2, 0.25) is 5.91 Å². The lowest BCUT2D eigenvalue weighted by atomic mass is 10.0. The molecule has 0 heterocycles. The Labute approximate surface area is 502 Å². The van der Waals surface area contributed by atoms with Gasteiger partial charge in [-0.3, -0.25) is 9.59 Å². The summed E-state index contributed by atoms with van der Waals surface area (Å²) in [6.45, 7) is 4.99. The average molecular weight is 1130 g/mol. The zero-order valence-corrected chi connectivity index (χ0v) is 54.9. The molecule has 6 nitrogen and oxygen atoms in total. The lowest BCUT2D eigenvalue weighted by Crippen LogP contribution is -2.45. The van der Waals surface area contributed by atoms with Crippen LogP contribution in [0.15, 0.2) is 0 Å². The van der Waals surface area contributed by atoms with Crippen LogP contribution in [-0.4, -0.2) is 47.4 Å². The van der Waals surface area contributed by atoms with E-state index in [-0.39, 0.29) is 18.5 Å². The van der Waals surface area contributed by atoms with Gasteiger partial charge in [-0.15, -0.1) is 0 Å². The van der Waals surface area contributed by atoms with E-state index in [1.165, 1.54) is 366 Å². The molecule has 80 heavy (non-hydrogen) atoms. The van der Waals surface area contributed by atoms with Gasteiger partial charge in [-0.05, 0) is 25.7 Å². The predicted octanol–water partition coefficient (Wildman–Crippen LogP) is 24.2. The van der Waals surface area contributed by atoms with E-state index in [0.717, 1.165) is 38.5 Å². The number of rotatable bonds is 71. The van der Waals surface area contributed by atoms with Crippen molar-refractivity contribution >= 4 is 11.9 Å². The van der Waals surface area contributed by atoms with Crippen LogP contribution in [0.2, 0.25) is 0 Å². The van der Waals surface area contributed by atoms with Crippen molar-refractivity contribution in [3.05, 3.63) is 0 Å². The second kappa shape index (κ2) is 70.3. The summed E-state index contributed by atoms with van der Waals surface area (Å²) >= 11 is 0. The third kappa shape index (κ3) is 66.0. The molecule has 478 valence electrons. The molecule has 2 atom stereocenters. The molecule has 1 amide bonds. The molecule has 0 aromatic heterocycles. The van der Waals surface area contributed by atoms with Gasteiger partial charge in [0.1, 0.15) is 0 Å². The third-order valence-electron chi connectivity index (χ3n) is 17.9. The number of nitrogens with one attached hydrogen (secondary N) is 1. The molecule has 0 rings (SSSR count). The van der Waals surface area contributed by atoms with Gasteiger partial charge in [0.05, 0.1) is 25.4 Å². The van der Waals surface area contributed by atoms with Gasteiger partial charge >= 0.3 is 5.97 Å². The maximum atomic E-state index is 12.5. The standard InChI is InChI=1S/C74H147NO5/c1-3-5-7-9-11-13-15-16-40-44-48-52-56-60-64-68-74(79)80-69-65-61-57-53-49-45-42-39-37-35-33-31-29-27-25-23-21-19-17-18-20-22-24-26-28-30-32-34-36-38-41-43-47-51-55-59-63-67-73(78)75-71(70-76)72(77)66-62-58-54-50-46-14-12-10-8-6-4-2/h71-72,76-77H,3-70H2,1-2H3,(H,75,78). The first kappa shape index (κ1) is 78.9. The van der Waals surface area contributed by atoms with Crippen LogP contribution in [-0.2, 0) is 14.3 Å². The first-order valence-corrected chi connectivity index (χ1v) is 37.3. The third-order valence-corrected chi connectivity index (χ3v) is 17.9.